The summed E-state index contributed by atoms with van der Waals surface area (Å²) in [6, 6.07) is 4.99. The molecule has 5 rings (SSSR count). The monoisotopic (exact) mass is 520 g/mol. The maximum Gasteiger partial charge on any atom is 0.338 e. The van der Waals surface area contributed by atoms with E-state index in [1.807, 2.05) is 0 Å². The summed E-state index contributed by atoms with van der Waals surface area (Å²) in [5.41, 5.74) is 15.6. The van der Waals surface area contributed by atoms with Gasteiger partial charge in [-0.2, -0.15) is 0 Å². The highest BCUT2D eigenvalue weighted by Crippen LogP contribution is 2.67. The van der Waals surface area contributed by atoms with Crippen LogP contribution in [0.25, 0.3) is 0 Å². The minimum Gasteiger partial charge on any atom is -0.458 e. The van der Waals surface area contributed by atoms with Crippen molar-refractivity contribution < 1.29 is 9.53 Å². The number of nitrogens with two attached hydrogens (primary N) is 2. The summed E-state index contributed by atoms with van der Waals surface area (Å²) in [7, 11) is 0. The quantitative estimate of drug-likeness (QED) is 0.215. The third kappa shape index (κ3) is 5.02. The minimum absolute atomic E-state index is 0.0579. The Morgan fingerprint density at radius 1 is 0.974 bits per heavy atom. The van der Waals surface area contributed by atoms with Crippen molar-refractivity contribution in [2.24, 2.45) is 46.3 Å². The third-order valence-electron chi connectivity index (χ3n) is 11.7. The Morgan fingerprint density at radius 3 is 2.42 bits per heavy atom. The number of nitrogen functional groups attached to an aromatic ring is 2. The fourth-order valence-electron chi connectivity index (χ4n) is 9.77. The normalized spacial score (nSPS) is 37.1. The Kier molecular flexibility index (Phi) is 7.66. The number of allylic oxidation sites excluding steroid dienone is 1. The molecule has 0 radical (unpaired) electrons. The zero-order valence-electron chi connectivity index (χ0n) is 24.6. The van der Waals surface area contributed by atoms with Gasteiger partial charge < -0.3 is 16.2 Å². The van der Waals surface area contributed by atoms with Crippen molar-refractivity contribution in [2.45, 2.75) is 111 Å². The van der Waals surface area contributed by atoms with Crippen LogP contribution in [0, 0.1) is 46.3 Å². The van der Waals surface area contributed by atoms with Crippen LogP contribution in [0.5, 0.6) is 0 Å². The Hall–Kier alpha value is -1.97. The molecule has 4 aliphatic rings. The summed E-state index contributed by atoms with van der Waals surface area (Å²) in [6.45, 7) is 12.5. The number of fused-ring (bicyclic) bond motifs is 5. The van der Waals surface area contributed by atoms with Gasteiger partial charge in [-0.1, -0.05) is 65.5 Å². The molecule has 0 bridgehead atoms. The van der Waals surface area contributed by atoms with Crippen LogP contribution in [-0.4, -0.2) is 12.1 Å². The number of anilines is 2. The molecule has 0 spiro atoms. The van der Waals surface area contributed by atoms with Crippen LogP contribution >= 0.6 is 0 Å². The van der Waals surface area contributed by atoms with Gasteiger partial charge in [-0.3, -0.25) is 0 Å². The first-order valence-corrected chi connectivity index (χ1v) is 15.6. The molecule has 0 amide bonds. The molecule has 0 aliphatic heterocycles. The van der Waals surface area contributed by atoms with E-state index in [4.69, 9.17) is 16.2 Å². The van der Waals surface area contributed by atoms with E-state index < -0.39 is 0 Å². The highest BCUT2D eigenvalue weighted by Gasteiger charge is 2.59. The van der Waals surface area contributed by atoms with Gasteiger partial charge in [0.25, 0.3) is 0 Å². The van der Waals surface area contributed by atoms with Crippen LogP contribution in [0.4, 0.5) is 11.4 Å². The number of carbonyl (C=O) groups is 1. The maximum absolute atomic E-state index is 12.9. The molecule has 4 heteroatoms. The predicted octanol–water partition coefficient (Wildman–Crippen LogP) is 8.42. The molecule has 8 atom stereocenters. The lowest BCUT2D eigenvalue weighted by atomic mass is 9.47. The second kappa shape index (κ2) is 10.5. The van der Waals surface area contributed by atoms with Crippen LogP contribution in [0.1, 0.15) is 116 Å². The van der Waals surface area contributed by atoms with E-state index in [0.29, 0.717) is 22.4 Å². The van der Waals surface area contributed by atoms with Gasteiger partial charge in [-0.15, -0.1) is 0 Å². The molecule has 1 aromatic rings. The predicted molar refractivity (Wildman–Crippen MR) is 158 cm³/mol. The molecular weight excluding hydrogens is 468 g/mol. The van der Waals surface area contributed by atoms with Crippen molar-refractivity contribution in [3.63, 3.8) is 0 Å². The maximum atomic E-state index is 12.9. The Morgan fingerprint density at radius 2 is 1.71 bits per heavy atom. The van der Waals surface area contributed by atoms with Gasteiger partial charge in [0.2, 0.25) is 0 Å². The Bertz CT molecular complexity index is 1040. The van der Waals surface area contributed by atoms with Crippen LogP contribution in [-0.2, 0) is 4.74 Å². The van der Waals surface area contributed by atoms with Crippen LogP contribution in [0.3, 0.4) is 0 Å². The molecule has 3 unspecified atom stereocenters. The highest BCUT2D eigenvalue weighted by molar-refractivity contribution is 5.91. The zero-order valence-corrected chi connectivity index (χ0v) is 24.6. The lowest BCUT2D eigenvalue weighted by molar-refractivity contribution is -0.0594. The number of benzene rings is 1. The fourth-order valence-corrected chi connectivity index (χ4v) is 9.77. The first-order valence-electron chi connectivity index (χ1n) is 15.6. The molecule has 0 heterocycles. The Labute approximate surface area is 231 Å². The highest BCUT2D eigenvalue weighted by atomic mass is 16.5. The number of ether oxygens (including phenoxy) is 1. The average molecular weight is 521 g/mol. The molecule has 3 saturated carbocycles. The summed E-state index contributed by atoms with van der Waals surface area (Å²) in [4.78, 5) is 12.9. The molecule has 4 nitrogen and oxygen atoms in total. The SMILES string of the molecule is CC(C)CCC[C@@H](C)C1CCC2[C@@H]3CC=C4C[C@@H](OC(=O)c5cc(N)cc(N)c5)CC[C@]4(C)C3CC[C@@]21C. The molecule has 4 N–H and O–H groups in total. The number of hydrogen-bond donors (Lipinski definition) is 2. The molecule has 210 valence electrons. The molecular formula is C34H52N2O2. The van der Waals surface area contributed by atoms with E-state index in [2.05, 4.69) is 40.7 Å². The summed E-state index contributed by atoms with van der Waals surface area (Å²) < 4.78 is 6.00. The van der Waals surface area contributed by atoms with Gasteiger partial charge in [0.15, 0.2) is 0 Å². The molecule has 3 fully saturated rings. The number of rotatable bonds is 7. The second-order valence-corrected chi connectivity index (χ2v) is 14.4. The standard InChI is InChI=1S/C34H52N2O2/c1-21(2)7-6-8-22(3)29-11-12-30-28-10-9-24-19-27(38-32(37)23-17-25(35)20-26(36)18-23)13-15-33(24,4)31(28)14-16-34(29,30)5/h9,17-18,20-22,27-31H,6-8,10-16,19,35-36H2,1-5H3/t22-,27+,28+,29?,30?,31?,33+,34-/m1/s1. The molecule has 1 aromatic carbocycles. The van der Waals surface area contributed by atoms with Gasteiger partial charge in [0.05, 0.1) is 5.56 Å². The molecule has 0 saturated heterocycles. The molecule has 0 aromatic heterocycles. The van der Waals surface area contributed by atoms with Crippen LogP contribution in [0.2, 0.25) is 0 Å². The lowest BCUT2D eigenvalue weighted by Gasteiger charge is -2.58. The van der Waals surface area contributed by atoms with E-state index >= 15 is 0 Å². The van der Waals surface area contributed by atoms with Crippen molar-refractivity contribution in [3.05, 3.63) is 35.4 Å². The number of esters is 1. The first kappa shape index (κ1) is 27.6. The van der Waals surface area contributed by atoms with Gasteiger partial charge in [-0.25, -0.2) is 4.79 Å². The van der Waals surface area contributed by atoms with E-state index in [1.54, 1.807) is 23.8 Å². The van der Waals surface area contributed by atoms with E-state index in [1.165, 1.54) is 51.4 Å². The van der Waals surface area contributed by atoms with Crippen LogP contribution < -0.4 is 11.5 Å². The van der Waals surface area contributed by atoms with Crippen LogP contribution in [0.15, 0.2) is 29.8 Å². The lowest BCUT2D eigenvalue weighted by Crippen LogP contribution is -2.51. The molecule has 38 heavy (non-hydrogen) atoms. The smallest absolute Gasteiger partial charge is 0.338 e. The summed E-state index contributed by atoms with van der Waals surface area (Å²) in [5.74, 6) is 4.74. The Balaban J connectivity index is 1.25. The van der Waals surface area contributed by atoms with E-state index in [-0.39, 0.29) is 17.5 Å². The fraction of sp³-hybridized carbons (Fsp3) is 0.735. The number of hydrogen-bond acceptors (Lipinski definition) is 4. The second-order valence-electron chi connectivity index (χ2n) is 14.4. The summed E-state index contributed by atoms with van der Waals surface area (Å²) in [6.07, 6.45) is 16.5. The van der Waals surface area contributed by atoms with Gasteiger partial charge in [-0.05, 0) is 109 Å². The molecule has 4 aliphatic carbocycles. The zero-order chi connectivity index (χ0) is 27.2. The first-order chi connectivity index (χ1) is 18.0. The minimum atomic E-state index is -0.306. The van der Waals surface area contributed by atoms with Gasteiger partial charge in [0.1, 0.15) is 6.10 Å². The summed E-state index contributed by atoms with van der Waals surface area (Å²) >= 11 is 0. The average Bonchev–Trinajstić information content (AvgIpc) is 3.20. The van der Waals surface area contributed by atoms with Crippen molar-refractivity contribution in [1.29, 1.82) is 0 Å². The van der Waals surface area contributed by atoms with Gasteiger partial charge in [0, 0.05) is 17.8 Å². The number of carbonyl (C=O) groups excluding carboxylic acids is 1. The van der Waals surface area contributed by atoms with E-state index in [0.717, 1.165) is 54.8 Å². The third-order valence-corrected chi connectivity index (χ3v) is 11.7. The van der Waals surface area contributed by atoms with Crippen molar-refractivity contribution >= 4 is 17.3 Å². The van der Waals surface area contributed by atoms with Crippen molar-refractivity contribution in [3.8, 4) is 0 Å². The van der Waals surface area contributed by atoms with Gasteiger partial charge >= 0.3 is 5.97 Å². The van der Waals surface area contributed by atoms with Crippen molar-refractivity contribution in [1.82, 2.24) is 0 Å². The summed E-state index contributed by atoms with van der Waals surface area (Å²) in [5, 5.41) is 0. The van der Waals surface area contributed by atoms with E-state index in [9.17, 15) is 4.79 Å². The largest absolute Gasteiger partial charge is 0.458 e. The van der Waals surface area contributed by atoms with Crippen molar-refractivity contribution in [2.75, 3.05) is 11.5 Å². The topological polar surface area (TPSA) is 78.3 Å².